The second-order valence-electron chi connectivity index (χ2n) is 5.97. The Hall–Kier alpha value is -0.610. The summed E-state index contributed by atoms with van der Waals surface area (Å²) in [5, 5.41) is 3.16. The van der Waals surface area contributed by atoms with Crippen molar-refractivity contribution in [3.8, 4) is 0 Å². The maximum atomic E-state index is 12.1. The number of carbonyl (C=O) groups excluding carboxylic acids is 1. The van der Waals surface area contributed by atoms with Crippen molar-refractivity contribution in [2.75, 3.05) is 13.1 Å². The van der Waals surface area contributed by atoms with Gasteiger partial charge in [-0.15, -0.1) is 0 Å². The van der Waals surface area contributed by atoms with Crippen LogP contribution in [-0.2, 0) is 4.79 Å². The molecule has 4 atom stereocenters. The van der Waals surface area contributed by atoms with Crippen LogP contribution in [0.1, 0.15) is 46.0 Å². The van der Waals surface area contributed by atoms with E-state index in [0.717, 1.165) is 25.8 Å². The van der Waals surface area contributed by atoms with Crippen LogP contribution < -0.4 is 11.1 Å². The molecule has 0 aromatic rings. The van der Waals surface area contributed by atoms with Crippen molar-refractivity contribution in [2.24, 2.45) is 11.7 Å². The van der Waals surface area contributed by atoms with E-state index < -0.39 is 0 Å². The largest absolute Gasteiger partial charge is 0.352 e. The zero-order valence-corrected chi connectivity index (χ0v) is 11.7. The number of nitrogens with two attached hydrogens (primary N) is 1. The summed E-state index contributed by atoms with van der Waals surface area (Å²) in [4.78, 5) is 14.6. The van der Waals surface area contributed by atoms with Crippen LogP contribution in [0.2, 0.25) is 0 Å². The summed E-state index contributed by atoms with van der Waals surface area (Å²) < 4.78 is 0. The van der Waals surface area contributed by atoms with Gasteiger partial charge in [-0.3, -0.25) is 4.79 Å². The molecule has 0 aromatic heterocycles. The first-order valence-electron chi connectivity index (χ1n) is 7.41. The van der Waals surface area contributed by atoms with E-state index in [2.05, 4.69) is 17.1 Å². The van der Waals surface area contributed by atoms with Gasteiger partial charge >= 0.3 is 0 Å². The molecule has 0 aromatic carbocycles. The van der Waals surface area contributed by atoms with E-state index in [1.54, 1.807) is 0 Å². The molecule has 2 fully saturated rings. The Balaban J connectivity index is 1.81. The Kier molecular flexibility index (Phi) is 4.62. The van der Waals surface area contributed by atoms with Gasteiger partial charge in [-0.05, 0) is 38.1 Å². The normalized spacial score (nSPS) is 31.7. The standard InChI is InChI=1S/C14H27N3O/c1-3-10(2)13(15)14(18)16-11-6-8-17-7-4-5-12(17)9-11/h10-13H,3-9,15H2,1-2H3,(H,16,18)/t10-,11?,12?,13-/m0/s1. The number of nitrogens with zero attached hydrogens (tertiary/aromatic N) is 1. The molecule has 4 heteroatoms. The van der Waals surface area contributed by atoms with E-state index in [0.29, 0.717) is 12.1 Å². The lowest BCUT2D eigenvalue weighted by molar-refractivity contribution is -0.124. The van der Waals surface area contributed by atoms with Gasteiger partial charge in [0, 0.05) is 18.6 Å². The van der Waals surface area contributed by atoms with Gasteiger partial charge in [0.2, 0.25) is 5.91 Å². The topological polar surface area (TPSA) is 58.4 Å². The van der Waals surface area contributed by atoms with Crippen LogP contribution in [0.4, 0.5) is 0 Å². The third kappa shape index (κ3) is 3.04. The lowest BCUT2D eigenvalue weighted by Crippen LogP contribution is -2.52. The molecule has 2 aliphatic rings. The molecule has 0 saturated carbocycles. The fraction of sp³-hybridized carbons (Fsp3) is 0.929. The maximum absolute atomic E-state index is 12.1. The van der Waals surface area contributed by atoms with Gasteiger partial charge in [0.15, 0.2) is 0 Å². The SMILES string of the molecule is CC[C@H](C)[C@H](N)C(=O)NC1CCN2CCCC2C1. The van der Waals surface area contributed by atoms with E-state index in [4.69, 9.17) is 5.73 Å². The highest BCUT2D eigenvalue weighted by atomic mass is 16.2. The van der Waals surface area contributed by atoms with Crippen molar-refractivity contribution < 1.29 is 4.79 Å². The summed E-state index contributed by atoms with van der Waals surface area (Å²) in [6, 6.07) is 0.687. The average Bonchev–Trinajstić information content (AvgIpc) is 2.84. The number of fused-ring (bicyclic) bond motifs is 1. The van der Waals surface area contributed by atoms with Gasteiger partial charge in [-0.25, -0.2) is 0 Å². The third-order valence-electron chi connectivity index (χ3n) is 4.73. The van der Waals surface area contributed by atoms with Crippen LogP contribution in [0.25, 0.3) is 0 Å². The van der Waals surface area contributed by atoms with Gasteiger partial charge < -0.3 is 16.0 Å². The fourth-order valence-corrected chi connectivity index (χ4v) is 3.17. The van der Waals surface area contributed by atoms with Crippen molar-refractivity contribution in [3.63, 3.8) is 0 Å². The van der Waals surface area contributed by atoms with Crippen molar-refractivity contribution >= 4 is 5.91 Å². The first-order chi connectivity index (χ1) is 8.61. The number of rotatable bonds is 4. The number of carbonyl (C=O) groups is 1. The highest BCUT2D eigenvalue weighted by molar-refractivity contribution is 5.82. The molecule has 2 unspecified atom stereocenters. The van der Waals surface area contributed by atoms with Gasteiger partial charge in [0.25, 0.3) is 0 Å². The van der Waals surface area contributed by atoms with Crippen LogP contribution in [-0.4, -0.2) is 42.0 Å². The fourth-order valence-electron chi connectivity index (χ4n) is 3.17. The zero-order chi connectivity index (χ0) is 13.1. The summed E-state index contributed by atoms with van der Waals surface area (Å²) in [5.74, 6) is 0.303. The summed E-state index contributed by atoms with van der Waals surface area (Å²) in [7, 11) is 0. The number of amides is 1. The minimum Gasteiger partial charge on any atom is -0.352 e. The summed E-state index contributed by atoms with van der Waals surface area (Å²) in [6.07, 6.45) is 5.76. The van der Waals surface area contributed by atoms with E-state index in [9.17, 15) is 4.79 Å². The van der Waals surface area contributed by atoms with E-state index in [1.165, 1.54) is 19.4 Å². The molecule has 2 rings (SSSR count). The minimum absolute atomic E-state index is 0.0424. The Morgan fingerprint density at radius 2 is 2.22 bits per heavy atom. The van der Waals surface area contributed by atoms with E-state index in [1.807, 2.05) is 6.92 Å². The smallest absolute Gasteiger partial charge is 0.237 e. The lowest BCUT2D eigenvalue weighted by Gasteiger charge is -2.35. The molecule has 2 heterocycles. The number of hydrogen-bond donors (Lipinski definition) is 2. The molecule has 1 amide bonds. The molecular formula is C14H27N3O. The molecule has 18 heavy (non-hydrogen) atoms. The predicted octanol–water partition coefficient (Wildman–Crippen LogP) is 1.10. The van der Waals surface area contributed by atoms with Gasteiger partial charge in [0.05, 0.1) is 6.04 Å². The van der Waals surface area contributed by atoms with Crippen molar-refractivity contribution in [2.45, 2.75) is 64.1 Å². The molecule has 4 nitrogen and oxygen atoms in total. The van der Waals surface area contributed by atoms with E-state index >= 15 is 0 Å². The molecule has 0 radical (unpaired) electrons. The van der Waals surface area contributed by atoms with Crippen LogP contribution in [0, 0.1) is 5.92 Å². The van der Waals surface area contributed by atoms with Crippen LogP contribution >= 0.6 is 0 Å². The van der Waals surface area contributed by atoms with E-state index in [-0.39, 0.29) is 17.9 Å². The molecule has 0 bridgehead atoms. The molecule has 0 spiro atoms. The quantitative estimate of drug-likeness (QED) is 0.789. The Morgan fingerprint density at radius 3 is 2.94 bits per heavy atom. The number of hydrogen-bond acceptors (Lipinski definition) is 3. The van der Waals surface area contributed by atoms with Crippen LogP contribution in [0.15, 0.2) is 0 Å². The second kappa shape index (κ2) is 6.02. The van der Waals surface area contributed by atoms with Crippen molar-refractivity contribution in [1.82, 2.24) is 10.2 Å². The van der Waals surface area contributed by atoms with Gasteiger partial charge in [-0.2, -0.15) is 0 Å². The summed E-state index contributed by atoms with van der Waals surface area (Å²) in [6.45, 7) is 6.50. The molecule has 104 valence electrons. The highest BCUT2D eigenvalue weighted by Crippen LogP contribution is 2.26. The Bertz CT molecular complexity index is 295. The molecular weight excluding hydrogens is 226 g/mol. The second-order valence-corrected chi connectivity index (χ2v) is 5.97. The zero-order valence-electron chi connectivity index (χ0n) is 11.7. The Morgan fingerprint density at radius 1 is 1.44 bits per heavy atom. The minimum atomic E-state index is -0.350. The molecule has 0 aliphatic carbocycles. The lowest BCUT2D eigenvalue weighted by atomic mass is 9.95. The number of nitrogens with one attached hydrogen (secondary N) is 1. The van der Waals surface area contributed by atoms with Crippen molar-refractivity contribution in [1.29, 1.82) is 0 Å². The highest BCUT2D eigenvalue weighted by Gasteiger charge is 2.33. The molecule has 3 N–H and O–H groups in total. The van der Waals surface area contributed by atoms with Gasteiger partial charge in [0.1, 0.15) is 0 Å². The first kappa shape index (κ1) is 13.8. The average molecular weight is 253 g/mol. The molecule has 2 saturated heterocycles. The molecule has 2 aliphatic heterocycles. The predicted molar refractivity (Wildman–Crippen MR) is 73.2 cm³/mol. The van der Waals surface area contributed by atoms with Crippen LogP contribution in [0.3, 0.4) is 0 Å². The third-order valence-corrected chi connectivity index (χ3v) is 4.73. The Labute approximate surface area is 110 Å². The number of piperidine rings is 1. The van der Waals surface area contributed by atoms with Crippen LogP contribution in [0.5, 0.6) is 0 Å². The van der Waals surface area contributed by atoms with Crippen molar-refractivity contribution in [3.05, 3.63) is 0 Å². The summed E-state index contributed by atoms with van der Waals surface area (Å²) in [5.41, 5.74) is 5.97. The summed E-state index contributed by atoms with van der Waals surface area (Å²) >= 11 is 0. The maximum Gasteiger partial charge on any atom is 0.237 e. The monoisotopic (exact) mass is 253 g/mol. The first-order valence-corrected chi connectivity index (χ1v) is 7.41. The van der Waals surface area contributed by atoms with Gasteiger partial charge in [-0.1, -0.05) is 20.3 Å².